The summed E-state index contributed by atoms with van der Waals surface area (Å²) in [5.74, 6) is -5.71. The molecule has 228 valence electrons. The number of aliphatic carboxylic acids is 5. The number of hydrogen-bond donors (Lipinski definition) is 5. The number of ether oxygens (including phenoxy) is 1. The summed E-state index contributed by atoms with van der Waals surface area (Å²) in [7, 11) is 0. The van der Waals surface area contributed by atoms with Crippen LogP contribution in [0, 0.1) is 0 Å². The first-order chi connectivity index (χ1) is 19.9. The molecule has 0 amide bonds. The Hall–Kier alpha value is -4.53. The van der Waals surface area contributed by atoms with Crippen LogP contribution in [0.3, 0.4) is 0 Å². The van der Waals surface area contributed by atoms with E-state index in [1.165, 1.54) is 9.80 Å². The average Bonchev–Trinajstić information content (AvgIpc) is 2.89. The second-order valence-electron chi connectivity index (χ2n) is 9.60. The highest BCUT2D eigenvalue weighted by atomic mass is 16.5. The highest BCUT2D eigenvalue weighted by molar-refractivity contribution is 5.73. The molecule has 14 nitrogen and oxygen atoms in total. The fraction of sp³-hybridized carbons (Fsp3) is 0.393. The third kappa shape index (κ3) is 13.7. The predicted octanol–water partition coefficient (Wildman–Crippen LogP) is 0.506. The van der Waals surface area contributed by atoms with Gasteiger partial charge in [-0.3, -0.25) is 38.7 Å². The highest BCUT2D eigenvalue weighted by Crippen LogP contribution is 2.18. The lowest BCUT2D eigenvalue weighted by molar-refractivity contribution is -0.144. The molecule has 1 unspecified atom stereocenters. The molecule has 0 fully saturated rings. The van der Waals surface area contributed by atoms with Crippen molar-refractivity contribution in [2.45, 2.75) is 19.1 Å². The zero-order valence-electron chi connectivity index (χ0n) is 22.9. The fourth-order valence-corrected chi connectivity index (χ4v) is 4.31. The Bertz CT molecular complexity index is 1160. The Labute approximate surface area is 241 Å². The Balaban J connectivity index is 2.25. The number of hydrogen-bond acceptors (Lipinski definition) is 9. The monoisotopic (exact) mass is 589 g/mol. The molecule has 1 atom stereocenters. The van der Waals surface area contributed by atoms with Crippen molar-refractivity contribution < 1.29 is 54.2 Å². The maximum atomic E-state index is 11.6. The third-order valence-corrected chi connectivity index (χ3v) is 6.11. The summed E-state index contributed by atoms with van der Waals surface area (Å²) in [6, 6.07) is 15.7. The van der Waals surface area contributed by atoms with Gasteiger partial charge in [0.15, 0.2) is 0 Å². The van der Waals surface area contributed by atoms with Gasteiger partial charge in [0.1, 0.15) is 12.4 Å². The molecule has 0 saturated carbocycles. The number of nitrogens with zero attached hydrogens (tertiary/aromatic N) is 3. The molecule has 0 radical (unpaired) electrons. The summed E-state index contributed by atoms with van der Waals surface area (Å²) in [4.78, 5) is 60.8. The zero-order valence-corrected chi connectivity index (χ0v) is 22.9. The summed E-state index contributed by atoms with van der Waals surface area (Å²) in [5.41, 5.74) is 1.69. The molecule has 0 bridgehead atoms. The molecule has 0 aliphatic heterocycles. The zero-order chi connectivity index (χ0) is 31.1. The summed E-state index contributed by atoms with van der Waals surface area (Å²) in [6.07, 6.45) is 0.156. The predicted molar refractivity (Wildman–Crippen MR) is 147 cm³/mol. The smallest absolute Gasteiger partial charge is 0.317 e. The molecule has 0 aliphatic rings. The minimum absolute atomic E-state index is 0.0659. The van der Waals surface area contributed by atoms with E-state index < -0.39 is 68.6 Å². The second-order valence-corrected chi connectivity index (χ2v) is 9.60. The van der Waals surface area contributed by atoms with Crippen LogP contribution in [0.15, 0.2) is 54.6 Å². The molecule has 5 N–H and O–H groups in total. The van der Waals surface area contributed by atoms with Crippen LogP contribution in [0.25, 0.3) is 0 Å². The van der Waals surface area contributed by atoms with Crippen molar-refractivity contribution in [3.8, 4) is 5.75 Å². The first-order valence-electron chi connectivity index (χ1n) is 12.9. The number of rotatable bonds is 21. The van der Waals surface area contributed by atoms with Gasteiger partial charge >= 0.3 is 29.8 Å². The SMILES string of the molecule is O=C(O)CN(CCN(CC(=O)O)CC(Cc1ccc(OCc2ccccc2)cc1)N(CC(=O)O)CC(=O)O)CC(=O)O. The van der Waals surface area contributed by atoms with Gasteiger partial charge in [-0.1, -0.05) is 42.5 Å². The van der Waals surface area contributed by atoms with Crippen molar-refractivity contribution in [2.75, 3.05) is 52.4 Å². The van der Waals surface area contributed by atoms with Crippen LogP contribution in [-0.2, 0) is 37.0 Å². The fourth-order valence-electron chi connectivity index (χ4n) is 4.31. The number of carbonyl (C=O) groups is 5. The van der Waals surface area contributed by atoms with E-state index in [0.717, 1.165) is 10.5 Å². The van der Waals surface area contributed by atoms with Crippen molar-refractivity contribution >= 4 is 29.8 Å². The van der Waals surface area contributed by atoms with Gasteiger partial charge in [0.05, 0.1) is 32.7 Å². The summed E-state index contributed by atoms with van der Waals surface area (Å²) in [6.45, 7) is -2.86. The molecule has 0 aliphatic carbocycles. The Morgan fingerprint density at radius 1 is 0.595 bits per heavy atom. The third-order valence-electron chi connectivity index (χ3n) is 6.11. The maximum Gasteiger partial charge on any atom is 0.317 e. The Morgan fingerprint density at radius 2 is 1.07 bits per heavy atom. The molecule has 2 rings (SSSR count). The van der Waals surface area contributed by atoms with Gasteiger partial charge in [-0.15, -0.1) is 0 Å². The van der Waals surface area contributed by atoms with Gasteiger partial charge in [-0.25, -0.2) is 0 Å². The summed E-state index contributed by atoms with van der Waals surface area (Å²) >= 11 is 0. The molecular weight excluding hydrogens is 554 g/mol. The number of benzene rings is 2. The minimum atomic E-state index is -1.27. The van der Waals surface area contributed by atoms with Crippen molar-refractivity contribution in [2.24, 2.45) is 0 Å². The van der Waals surface area contributed by atoms with Crippen LogP contribution in [0.2, 0.25) is 0 Å². The van der Waals surface area contributed by atoms with E-state index in [2.05, 4.69) is 0 Å². The topological polar surface area (TPSA) is 205 Å². The van der Waals surface area contributed by atoms with Gasteiger partial charge < -0.3 is 30.3 Å². The van der Waals surface area contributed by atoms with E-state index >= 15 is 0 Å². The van der Waals surface area contributed by atoms with E-state index in [9.17, 15) is 39.3 Å². The Morgan fingerprint density at radius 3 is 1.57 bits per heavy atom. The lowest BCUT2D eigenvalue weighted by atomic mass is 10.0. The van der Waals surface area contributed by atoms with E-state index in [1.54, 1.807) is 24.3 Å². The van der Waals surface area contributed by atoms with Crippen molar-refractivity contribution in [1.82, 2.24) is 14.7 Å². The average molecular weight is 590 g/mol. The minimum Gasteiger partial charge on any atom is -0.489 e. The largest absolute Gasteiger partial charge is 0.489 e. The van der Waals surface area contributed by atoms with Crippen molar-refractivity contribution in [3.63, 3.8) is 0 Å². The van der Waals surface area contributed by atoms with Crippen LogP contribution in [-0.4, -0.2) is 128 Å². The van der Waals surface area contributed by atoms with E-state index in [-0.39, 0.29) is 26.1 Å². The molecule has 2 aromatic rings. The first kappa shape index (κ1) is 33.7. The number of carboxylic acid groups (broad SMARTS) is 5. The van der Waals surface area contributed by atoms with Gasteiger partial charge in [-0.05, 0) is 29.7 Å². The van der Waals surface area contributed by atoms with E-state index in [1.807, 2.05) is 30.3 Å². The van der Waals surface area contributed by atoms with Crippen LogP contribution in [0.1, 0.15) is 11.1 Å². The van der Waals surface area contributed by atoms with Crippen LogP contribution >= 0.6 is 0 Å². The lowest BCUT2D eigenvalue weighted by Gasteiger charge is -2.34. The normalized spacial score (nSPS) is 11.9. The van der Waals surface area contributed by atoms with Gasteiger partial charge in [-0.2, -0.15) is 0 Å². The molecular formula is C28H35N3O11. The summed E-state index contributed by atoms with van der Waals surface area (Å²) < 4.78 is 5.79. The summed E-state index contributed by atoms with van der Waals surface area (Å²) in [5, 5.41) is 46.6. The molecule has 2 aromatic carbocycles. The molecule has 0 aromatic heterocycles. The maximum absolute atomic E-state index is 11.6. The Kier molecular flexibility index (Phi) is 13.9. The van der Waals surface area contributed by atoms with E-state index in [4.69, 9.17) is 14.9 Å². The van der Waals surface area contributed by atoms with Crippen LogP contribution < -0.4 is 4.74 Å². The van der Waals surface area contributed by atoms with Crippen LogP contribution in [0.4, 0.5) is 0 Å². The molecule has 0 spiro atoms. The van der Waals surface area contributed by atoms with Gasteiger partial charge in [0.25, 0.3) is 0 Å². The molecule has 0 heterocycles. The molecule has 0 saturated heterocycles. The van der Waals surface area contributed by atoms with Crippen LogP contribution in [0.5, 0.6) is 5.75 Å². The second kappa shape index (κ2) is 17.3. The van der Waals surface area contributed by atoms with Gasteiger partial charge in [0.2, 0.25) is 0 Å². The molecule has 14 heteroatoms. The van der Waals surface area contributed by atoms with Crippen molar-refractivity contribution in [1.29, 1.82) is 0 Å². The van der Waals surface area contributed by atoms with Gasteiger partial charge in [0, 0.05) is 25.7 Å². The highest BCUT2D eigenvalue weighted by Gasteiger charge is 2.27. The quantitative estimate of drug-likeness (QED) is 0.135. The van der Waals surface area contributed by atoms with E-state index in [0.29, 0.717) is 17.9 Å². The van der Waals surface area contributed by atoms with Crippen molar-refractivity contribution in [3.05, 3.63) is 65.7 Å². The number of carboxylic acids is 5. The lowest BCUT2D eigenvalue weighted by Crippen LogP contribution is -2.51. The molecule has 42 heavy (non-hydrogen) atoms. The standard InChI is InChI=1S/C28H35N3O11/c32-24(33)14-29(10-11-30(15-25(34)35)16-26(36)37)13-22(31(17-27(38)39)18-28(40)41)12-20-6-8-23(9-7-20)42-19-21-4-2-1-3-5-21/h1-9,22H,10-19H2,(H,32,33)(H,34,35)(H,36,37)(H,38,39)(H,40,41). The first-order valence-corrected chi connectivity index (χ1v) is 12.9.